The predicted molar refractivity (Wildman–Crippen MR) is 65.8 cm³/mol. The van der Waals surface area contributed by atoms with Crippen LogP contribution in [0, 0.1) is 0 Å². The van der Waals surface area contributed by atoms with Gasteiger partial charge in [-0.25, -0.2) is 4.98 Å². The minimum absolute atomic E-state index is 0.699. The van der Waals surface area contributed by atoms with E-state index in [1.54, 1.807) is 6.20 Å². The summed E-state index contributed by atoms with van der Waals surface area (Å²) in [5.74, 6) is 0.796. The van der Waals surface area contributed by atoms with Crippen LogP contribution in [0.4, 0.5) is 5.95 Å². The Morgan fingerprint density at radius 1 is 1.47 bits per heavy atom. The van der Waals surface area contributed by atoms with E-state index in [1.165, 1.54) is 0 Å². The maximum Gasteiger partial charge on any atom is 0.207 e. The molecule has 0 amide bonds. The Kier molecular flexibility index (Phi) is 2.98. The highest BCUT2D eigenvalue weighted by atomic mass is 79.9. The van der Waals surface area contributed by atoms with Gasteiger partial charge in [0, 0.05) is 29.6 Å². The van der Waals surface area contributed by atoms with Crippen LogP contribution in [0.5, 0.6) is 0 Å². The fraction of sp³-hybridized carbons (Fsp3) is 0.100. The first-order chi connectivity index (χ1) is 7.22. The monoisotopic (exact) mass is 285 g/mol. The van der Waals surface area contributed by atoms with Crippen molar-refractivity contribution >= 4 is 33.5 Å². The van der Waals surface area contributed by atoms with Crippen LogP contribution < -0.4 is 5.32 Å². The standard InChI is InChI=1S/C10H9BrClN3/c1-13-10-14-4-5-15(10)7-2-3-9(12)8(11)6-7/h2-6H,1H3,(H,13,14). The molecule has 2 rings (SSSR count). The SMILES string of the molecule is CNc1nccn1-c1ccc(Cl)c(Br)c1. The van der Waals surface area contributed by atoms with Crippen LogP contribution in [0.15, 0.2) is 35.1 Å². The van der Waals surface area contributed by atoms with Crippen molar-refractivity contribution in [1.82, 2.24) is 9.55 Å². The van der Waals surface area contributed by atoms with E-state index in [1.807, 2.05) is 36.0 Å². The first-order valence-corrected chi connectivity index (χ1v) is 5.56. The van der Waals surface area contributed by atoms with E-state index in [9.17, 15) is 0 Å². The molecule has 1 aromatic heterocycles. The van der Waals surface area contributed by atoms with Gasteiger partial charge in [0.15, 0.2) is 0 Å². The molecular formula is C10H9BrClN3. The largest absolute Gasteiger partial charge is 0.358 e. The molecule has 0 unspecified atom stereocenters. The van der Waals surface area contributed by atoms with Crippen molar-refractivity contribution in [3.05, 3.63) is 40.1 Å². The Hall–Kier alpha value is -1.000. The zero-order valence-electron chi connectivity index (χ0n) is 8.04. The van der Waals surface area contributed by atoms with Gasteiger partial charge < -0.3 is 5.32 Å². The average molecular weight is 287 g/mol. The molecule has 2 aromatic rings. The quantitative estimate of drug-likeness (QED) is 0.918. The molecule has 0 saturated heterocycles. The maximum atomic E-state index is 5.93. The van der Waals surface area contributed by atoms with Crippen molar-refractivity contribution in [2.45, 2.75) is 0 Å². The molecule has 5 heteroatoms. The molecule has 3 nitrogen and oxygen atoms in total. The van der Waals surface area contributed by atoms with Crippen LogP contribution in [0.2, 0.25) is 5.02 Å². The summed E-state index contributed by atoms with van der Waals surface area (Å²) in [7, 11) is 1.84. The van der Waals surface area contributed by atoms with Gasteiger partial charge in [0.25, 0.3) is 0 Å². The maximum absolute atomic E-state index is 5.93. The third-order valence-corrected chi connectivity index (χ3v) is 3.26. The number of aromatic nitrogens is 2. The van der Waals surface area contributed by atoms with E-state index in [2.05, 4.69) is 26.2 Å². The fourth-order valence-corrected chi connectivity index (χ4v) is 1.82. The number of hydrogen-bond acceptors (Lipinski definition) is 2. The normalized spacial score (nSPS) is 10.3. The molecule has 0 spiro atoms. The predicted octanol–water partition coefficient (Wildman–Crippen LogP) is 3.33. The summed E-state index contributed by atoms with van der Waals surface area (Å²) < 4.78 is 2.82. The number of rotatable bonds is 2. The second-order valence-corrected chi connectivity index (χ2v) is 4.23. The number of nitrogens with zero attached hydrogens (tertiary/aromatic N) is 2. The zero-order valence-corrected chi connectivity index (χ0v) is 10.4. The highest BCUT2D eigenvalue weighted by Gasteiger charge is 2.04. The average Bonchev–Trinajstić information content (AvgIpc) is 2.70. The van der Waals surface area contributed by atoms with E-state index in [0.29, 0.717) is 5.02 Å². The first-order valence-electron chi connectivity index (χ1n) is 4.39. The van der Waals surface area contributed by atoms with Gasteiger partial charge in [-0.05, 0) is 34.1 Å². The molecule has 0 bridgehead atoms. The van der Waals surface area contributed by atoms with Crippen LogP contribution in [0.3, 0.4) is 0 Å². The Balaban J connectivity index is 2.50. The van der Waals surface area contributed by atoms with E-state index in [-0.39, 0.29) is 0 Å². The van der Waals surface area contributed by atoms with Gasteiger partial charge in [-0.1, -0.05) is 11.6 Å². The zero-order chi connectivity index (χ0) is 10.8. The smallest absolute Gasteiger partial charge is 0.207 e. The Morgan fingerprint density at radius 3 is 2.93 bits per heavy atom. The van der Waals surface area contributed by atoms with Gasteiger partial charge in [0.05, 0.1) is 5.02 Å². The number of benzene rings is 1. The lowest BCUT2D eigenvalue weighted by Crippen LogP contribution is -2.00. The molecule has 0 aliphatic carbocycles. The van der Waals surface area contributed by atoms with Crippen LogP contribution in [-0.4, -0.2) is 16.6 Å². The number of imidazole rings is 1. The molecule has 1 heterocycles. The van der Waals surface area contributed by atoms with Crippen LogP contribution in [-0.2, 0) is 0 Å². The molecule has 0 fully saturated rings. The van der Waals surface area contributed by atoms with E-state index in [0.717, 1.165) is 16.1 Å². The van der Waals surface area contributed by atoms with Gasteiger partial charge in [-0.2, -0.15) is 0 Å². The van der Waals surface area contributed by atoms with Crippen molar-refractivity contribution in [2.24, 2.45) is 0 Å². The molecule has 78 valence electrons. The molecule has 0 saturated carbocycles. The van der Waals surface area contributed by atoms with Crippen molar-refractivity contribution in [2.75, 3.05) is 12.4 Å². The van der Waals surface area contributed by atoms with Crippen LogP contribution >= 0.6 is 27.5 Å². The summed E-state index contributed by atoms with van der Waals surface area (Å²) >= 11 is 9.32. The van der Waals surface area contributed by atoms with Crippen molar-refractivity contribution in [3.8, 4) is 5.69 Å². The number of nitrogens with one attached hydrogen (secondary N) is 1. The molecule has 0 atom stereocenters. The number of anilines is 1. The summed E-state index contributed by atoms with van der Waals surface area (Å²) in [5.41, 5.74) is 1.01. The second kappa shape index (κ2) is 4.24. The topological polar surface area (TPSA) is 29.9 Å². The lowest BCUT2D eigenvalue weighted by molar-refractivity contribution is 1.05. The molecule has 0 aliphatic heterocycles. The summed E-state index contributed by atoms with van der Waals surface area (Å²) in [6.45, 7) is 0. The summed E-state index contributed by atoms with van der Waals surface area (Å²) in [6, 6.07) is 5.74. The number of halogens is 2. The summed E-state index contributed by atoms with van der Waals surface area (Å²) in [5, 5.41) is 3.71. The van der Waals surface area contributed by atoms with E-state index >= 15 is 0 Å². The lowest BCUT2D eigenvalue weighted by Gasteiger charge is -2.07. The van der Waals surface area contributed by atoms with Crippen LogP contribution in [0.25, 0.3) is 5.69 Å². The highest BCUT2D eigenvalue weighted by molar-refractivity contribution is 9.10. The molecule has 0 radical (unpaired) electrons. The van der Waals surface area contributed by atoms with E-state index < -0.39 is 0 Å². The Morgan fingerprint density at radius 2 is 2.27 bits per heavy atom. The van der Waals surface area contributed by atoms with Gasteiger partial charge in [0.1, 0.15) is 0 Å². The minimum Gasteiger partial charge on any atom is -0.358 e. The summed E-state index contributed by atoms with van der Waals surface area (Å²) in [6.07, 6.45) is 3.63. The molecular weight excluding hydrogens is 277 g/mol. The Bertz CT molecular complexity index is 481. The first kappa shape index (κ1) is 10.5. The molecule has 0 aliphatic rings. The molecule has 1 aromatic carbocycles. The van der Waals surface area contributed by atoms with Crippen molar-refractivity contribution in [1.29, 1.82) is 0 Å². The van der Waals surface area contributed by atoms with Gasteiger partial charge in [-0.15, -0.1) is 0 Å². The number of hydrogen-bond donors (Lipinski definition) is 1. The lowest BCUT2D eigenvalue weighted by atomic mass is 10.3. The van der Waals surface area contributed by atoms with Gasteiger partial charge in [-0.3, -0.25) is 4.57 Å². The molecule has 1 N–H and O–H groups in total. The Labute approximate surface area is 101 Å². The third kappa shape index (κ3) is 2.01. The third-order valence-electron chi connectivity index (χ3n) is 2.05. The fourth-order valence-electron chi connectivity index (χ4n) is 1.33. The van der Waals surface area contributed by atoms with E-state index in [4.69, 9.17) is 11.6 Å². The van der Waals surface area contributed by atoms with Crippen LogP contribution in [0.1, 0.15) is 0 Å². The molecule has 15 heavy (non-hydrogen) atoms. The highest BCUT2D eigenvalue weighted by Crippen LogP contribution is 2.26. The van der Waals surface area contributed by atoms with Crippen molar-refractivity contribution in [3.63, 3.8) is 0 Å². The van der Waals surface area contributed by atoms with Gasteiger partial charge >= 0.3 is 0 Å². The minimum atomic E-state index is 0.699. The van der Waals surface area contributed by atoms with Crippen molar-refractivity contribution < 1.29 is 0 Å². The second-order valence-electron chi connectivity index (χ2n) is 2.97. The van der Waals surface area contributed by atoms with Gasteiger partial charge in [0.2, 0.25) is 5.95 Å². The summed E-state index contributed by atoms with van der Waals surface area (Å²) in [4.78, 5) is 4.17.